The Kier molecular flexibility index (Phi) is 2.75. The molecular formula is C12H21NO2. The van der Waals surface area contributed by atoms with Crippen LogP contribution < -0.4 is 0 Å². The Morgan fingerprint density at radius 2 is 2.00 bits per heavy atom. The number of carboxylic acid groups (broad SMARTS) is 1. The van der Waals surface area contributed by atoms with Gasteiger partial charge in [-0.25, -0.2) is 0 Å². The summed E-state index contributed by atoms with van der Waals surface area (Å²) in [5, 5.41) is 9.49. The standard InChI is InChI=1S/C12H21NO2/c1-9-4-3-5-12(6-9,11(14)15)13-7-10(2)8-13/h9-10H,3-8H2,1-2H3,(H,14,15). The van der Waals surface area contributed by atoms with Gasteiger partial charge < -0.3 is 5.11 Å². The lowest BCUT2D eigenvalue weighted by atomic mass is 9.73. The van der Waals surface area contributed by atoms with E-state index >= 15 is 0 Å². The zero-order valence-electron chi connectivity index (χ0n) is 9.70. The highest BCUT2D eigenvalue weighted by molar-refractivity contribution is 5.79. The van der Waals surface area contributed by atoms with Crippen molar-refractivity contribution in [2.45, 2.75) is 45.1 Å². The second-order valence-electron chi connectivity index (χ2n) is 5.55. The summed E-state index contributed by atoms with van der Waals surface area (Å²) in [5.41, 5.74) is -0.524. The smallest absolute Gasteiger partial charge is 0.324 e. The van der Waals surface area contributed by atoms with Gasteiger partial charge in [0.05, 0.1) is 0 Å². The molecule has 2 aliphatic rings. The number of hydrogen-bond donors (Lipinski definition) is 1. The molecule has 0 radical (unpaired) electrons. The second-order valence-corrected chi connectivity index (χ2v) is 5.55. The fourth-order valence-electron chi connectivity index (χ4n) is 3.19. The van der Waals surface area contributed by atoms with Crippen LogP contribution in [0.4, 0.5) is 0 Å². The lowest BCUT2D eigenvalue weighted by Crippen LogP contribution is -2.64. The first kappa shape index (κ1) is 10.9. The molecule has 0 spiro atoms. The molecular weight excluding hydrogens is 190 g/mol. The highest BCUT2D eigenvalue weighted by Gasteiger charge is 2.49. The average molecular weight is 211 g/mol. The van der Waals surface area contributed by atoms with E-state index in [1.54, 1.807) is 0 Å². The molecule has 0 aromatic heterocycles. The van der Waals surface area contributed by atoms with Crippen molar-refractivity contribution in [2.75, 3.05) is 13.1 Å². The number of carbonyl (C=O) groups is 1. The van der Waals surface area contributed by atoms with Gasteiger partial charge in [-0.05, 0) is 24.7 Å². The van der Waals surface area contributed by atoms with Gasteiger partial charge in [-0.2, -0.15) is 0 Å². The molecule has 0 aromatic rings. The van der Waals surface area contributed by atoms with Gasteiger partial charge in [0, 0.05) is 13.1 Å². The molecule has 86 valence electrons. The van der Waals surface area contributed by atoms with Crippen molar-refractivity contribution in [3.63, 3.8) is 0 Å². The summed E-state index contributed by atoms with van der Waals surface area (Å²) < 4.78 is 0. The fraction of sp³-hybridized carbons (Fsp3) is 0.917. The molecule has 0 bridgehead atoms. The van der Waals surface area contributed by atoms with Crippen molar-refractivity contribution in [3.8, 4) is 0 Å². The normalized spacial score (nSPS) is 38.7. The van der Waals surface area contributed by atoms with Crippen LogP contribution in [0, 0.1) is 11.8 Å². The van der Waals surface area contributed by atoms with Crippen LogP contribution in [0.1, 0.15) is 39.5 Å². The average Bonchev–Trinajstić information content (AvgIpc) is 2.12. The van der Waals surface area contributed by atoms with E-state index in [1.807, 2.05) is 0 Å². The molecule has 0 aromatic carbocycles. The molecule has 0 amide bonds. The Hall–Kier alpha value is -0.570. The Bertz CT molecular complexity index is 260. The molecule has 1 aliphatic carbocycles. The Labute approximate surface area is 91.5 Å². The first-order valence-corrected chi connectivity index (χ1v) is 6.03. The highest BCUT2D eigenvalue weighted by atomic mass is 16.4. The van der Waals surface area contributed by atoms with E-state index in [4.69, 9.17) is 0 Å². The van der Waals surface area contributed by atoms with E-state index < -0.39 is 11.5 Å². The molecule has 1 heterocycles. The van der Waals surface area contributed by atoms with Gasteiger partial charge in [0.2, 0.25) is 0 Å². The van der Waals surface area contributed by atoms with Crippen LogP contribution in [-0.2, 0) is 4.79 Å². The first-order valence-electron chi connectivity index (χ1n) is 6.03. The number of rotatable bonds is 2. The summed E-state index contributed by atoms with van der Waals surface area (Å²) >= 11 is 0. The largest absolute Gasteiger partial charge is 0.480 e. The minimum atomic E-state index is -0.596. The van der Waals surface area contributed by atoms with E-state index in [0.717, 1.165) is 32.4 Å². The number of aliphatic carboxylic acids is 1. The van der Waals surface area contributed by atoms with Gasteiger partial charge in [0.25, 0.3) is 0 Å². The van der Waals surface area contributed by atoms with Gasteiger partial charge >= 0.3 is 5.97 Å². The summed E-state index contributed by atoms with van der Waals surface area (Å²) in [5.74, 6) is 0.644. The first-order chi connectivity index (χ1) is 7.04. The lowest BCUT2D eigenvalue weighted by molar-refractivity contribution is -0.162. The Morgan fingerprint density at radius 1 is 1.33 bits per heavy atom. The molecule has 1 saturated heterocycles. The van der Waals surface area contributed by atoms with E-state index in [1.165, 1.54) is 6.42 Å². The molecule has 15 heavy (non-hydrogen) atoms. The molecule has 1 N–H and O–H groups in total. The van der Waals surface area contributed by atoms with Crippen molar-refractivity contribution < 1.29 is 9.90 Å². The van der Waals surface area contributed by atoms with Crippen molar-refractivity contribution in [3.05, 3.63) is 0 Å². The topological polar surface area (TPSA) is 40.5 Å². The zero-order chi connectivity index (χ0) is 11.1. The number of hydrogen-bond acceptors (Lipinski definition) is 2. The third kappa shape index (κ3) is 1.78. The summed E-state index contributed by atoms with van der Waals surface area (Å²) in [4.78, 5) is 13.7. The molecule has 2 fully saturated rings. The van der Waals surface area contributed by atoms with Crippen LogP contribution in [0.15, 0.2) is 0 Å². The van der Waals surface area contributed by atoms with Crippen molar-refractivity contribution in [1.29, 1.82) is 0 Å². The predicted octanol–water partition coefficient (Wildman–Crippen LogP) is 1.97. The monoisotopic (exact) mass is 211 g/mol. The zero-order valence-corrected chi connectivity index (χ0v) is 9.70. The van der Waals surface area contributed by atoms with Crippen molar-refractivity contribution in [2.24, 2.45) is 11.8 Å². The van der Waals surface area contributed by atoms with Crippen molar-refractivity contribution >= 4 is 5.97 Å². The molecule has 2 atom stereocenters. The number of likely N-dealkylation sites (tertiary alicyclic amines) is 1. The Balaban J connectivity index is 2.13. The third-order valence-electron chi connectivity index (χ3n) is 4.04. The van der Waals surface area contributed by atoms with Crippen LogP contribution in [0.2, 0.25) is 0 Å². The summed E-state index contributed by atoms with van der Waals surface area (Å²) in [6, 6.07) is 0. The van der Waals surface area contributed by atoms with E-state index in [9.17, 15) is 9.90 Å². The predicted molar refractivity (Wildman–Crippen MR) is 58.7 cm³/mol. The maximum absolute atomic E-state index is 11.5. The van der Waals surface area contributed by atoms with Gasteiger partial charge in [-0.3, -0.25) is 9.69 Å². The molecule has 1 aliphatic heterocycles. The Morgan fingerprint density at radius 3 is 2.47 bits per heavy atom. The summed E-state index contributed by atoms with van der Waals surface area (Å²) in [6.45, 7) is 6.32. The SMILES string of the molecule is CC1CN(C2(C(=O)O)CCCC(C)C2)C1. The van der Waals surface area contributed by atoms with Crippen LogP contribution >= 0.6 is 0 Å². The van der Waals surface area contributed by atoms with Gasteiger partial charge in [-0.1, -0.05) is 26.7 Å². The quantitative estimate of drug-likeness (QED) is 0.759. The minimum Gasteiger partial charge on any atom is -0.480 e. The maximum Gasteiger partial charge on any atom is 0.324 e. The van der Waals surface area contributed by atoms with Crippen molar-refractivity contribution in [1.82, 2.24) is 4.90 Å². The van der Waals surface area contributed by atoms with Crippen LogP contribution in [0.25, 0.3) is 0 Å². The van der Waals surface area contributed by atoms with Gasteiger partial charge in [0.1, 0.15) is 5.54 Å². The van der Waals surface area contributed by atoms with Crippen LogP contribution in [0.3, 0.4) is 0 Å². The fourth-order valence-corrected chi connectivity index (χ4v) is 3.19. The van der Waals surface area contributed by atoms with Gasteiger partial charge in [0.15, 0.2) is 0 Å². The van der Waals surface area contributed by atoms with Gasteiger partial charge in [-0.15, -0.1) is 0 Å². The molecule has 3 heteroatoms. The molecule has 1 saturated carbocycles. The second kappa shape index (κ2) is 3.78. The number of nitrogens with zero attached hydrogens (tertiary/aromatic N) is 1. The highest BCUT2D eigenvalue weighted by Crippen LogP contribution is 2.40. The number of carboxylic acids is 1. The maximum atomic E-state index is 11.5. The van der Waals surface area contributed by atoms with Crippen LogP contribution in [-0.4, -0.2) is 34.6 Å². The molecule has 3 nitrogen and oxygen atoms in total. The minimum absolute atomic E-state index is 0.524. The van der Waals surface area contributed by atoms with Crippen LogP contribution in [0.5, 0.6) is 0 Å². The summed E-state index contributed by atoms with van der Waals surface area (Å²) in [6.07, 6.45) is 3.95. The van der Waals surface area contributed by atoms with E-state index in [-0.39, 0.29) is 0 Å². The van der Waals surface area contributed by atoms with E-state index in [0.29, 0.717) is 11.8 Å². The lowest BCUT2D eigenvalue weighted by Gasteiger charge is -2.52. The molecule has 2 unspecified atom stereocenters. The summed E-state index contributed by atoms with van der Waals surface area (Å²) in [7, 11) is 0. The third-order valence-corrected chi connectivity index (χ3v) is 4.04. The molecule has 2 rings (SSSR count). The van der Waals surface area contributed by atoms with E-state index in [2.05, 4.69) is 18.7 Å².